The van der Waals surface area contributed by atoms with E-state index in [1.807, 2.05) is 65.3 Å². The van der Waals surface area contributed by atoms with E-state index in [2.05, 4.69) is 23.4 Å². The SMILES string of the molecule is C=C1CN(C(=O)c2cccc(C)c2)CCN1C(C#Cc1cccc(Cl)c1)=NC. The van der Waals surface area contributed by atoms with Gasteiger partial charge in [-0.25, -0.2) is 0 Å². The minimum Gasteiger partial charge on any atom is -0.331 e. The van der Waals surface area contributed by atoms with Crippen LogP contribution in [0.4, 0.5) is 0 Å². The summed E-state index contributed by atoms with van der Waals surface area (Å²) in [6.45, 7) is 7.76. The fourth-order valence-corrected chi connectivity index (χ4v) is 3.28. The van der Waals surface area contributed by atoms with Gasteiger partial charge in [-0.15, -0.1) is 0 Å². The first kappa shape index (κ1) is 19.7. The minimum atomic E-state index is 0.0181. The maximum absolute atomic E-state index is 12.8. The van der Waals surface area contributed by atoms with Gasteiger partial charge >= 0.3 is 0 Å². The summed E-state index contributed by atoms with van der Waals surface area (Å²) in [5.41, 5.74) is 3.40. The number of halogens is 1. The van der Waals surface area contributed by atoms with E-state index in [0.29, 0.717) is 36.1 Å². The van der Waals surface area contributed by atoms with Crippen LogP contribution in [-0.2, 0) is 0 Å². The molecule has 28 heavy (non-hydrogen) atoms. The Morgan fingerprint density at radius 2 is 1.96 bits per heavy atom. The molecular weight excluding hydrogens is 370 g/mol. The molecule has 0 atom stereocenters. The van der Waals surface area contributed by atoms with Gasteiger partial charge in [-0.05, 0) is 43.2 Å². The van der Waals surface area contributed by atoms with Crippen LogP contribution in [0.25, 0.3) is 0 Å². The lowest BCUT2D eigenvalue weighted by molar-refractivity contribution is 0.0728. The highest BCUT2D eigenvalue weighted by molar-refractivity contribution is 6.30. The molecule has 0 spiro atoms. The van der Waals surface area contributed by atoms with Crippen molar-refractivity contribution in [2.75, 3.05) is 26.7 Å². The molecule has 5 heteroatoms. The Kier molecular flexibility index (Phi) is 6.18. The fraction of sp³-hybridized carbons (Fsp3) is 0.217. The standard InChI is InChI=1S/C23H22ClN3O/c1-17-6-4-8-20(14-17)23(28)26-12-13-27(18(2)16-26)22(25-3)11-10-19-7-5-9-21(24)15-19/h4-9,14-15H,2,12-13,16H2,1,3H3. The van der Waals surface area contributed by atoms with E-state index >= 15 is 0 Å². The van der Waals surface area contributed by atoms with Crippen LogP contribution in [0.1, 0.15) is 21.5 Å². The summed E-state index contributed by atoms with van der Waals surface area (Å²) in [5.74, 6) is 6.84. The molecule has 1 amide bonds. The Labute approximate surface area is 171 Å². The molecule has 2 aromatic carbocycles. The summed E-state index contributed by atoms with van der Waals surface area (Å²) in [7, 11) is 1.71. The van der Waals surface area contributed by atoms with Crippen LogP contribution in [-0.4, -0.2) is 48.2 Å². The average molecular weight is 392 g/mol. The fourth-order valence-electron chi connectivity index (χ4n) is 3.09. The van der Waals surface area contributed by atoms with E-state index in [9.17, 15) is 4.79 Å². The molecule has 142 valence electrons. The summed E-state index contributed by atoms with van der Waals surface area (Å²) in [5, 5.41) is 0.648. The molecule has 0 N–H and O–H groups in total. The zero-order valence-electron chi connectivity index (χ0n) is 16.1. The number of carbonyl (C=O) groups is 1. The number of benzene rings is 2. The first-order valence-corrected chi connectivity index (χ1v) is 9.41. The van der Waals surface area contributed by atoms with Crippen LogP contribution < -0.4 is 0 Å². The highest BCUT2D eigenvalue weighted by atomic mass is 35.5. The number of amidine groups is 1. The molecular formula is C23H22ClN3O. The lowest BCUT2D eigenvalue weighted by atomic mass is 10.1. The van der Waals surface area contributed by atoms with Gasteiger partial charge in [-0.3, -0.25) is 9.79 Å². The second kappa shape index (κ2) is 8.77. The van der Waals surface area contributed by atoms with Crippen molar-refractivity contribution in [3.8, 4) is 11.8 Å². The first-order valence-electron chi connectivity index (χ1n) is 9.03. The summed E-state index contributed by atoms with van der Waals surface area (Å²) in [6, 6.07) is 15.0. The molecule has 1 aliphatic heterocycles. The zero-order chi connectivity index (χ0) is 20.1. The van der Waals surface area contributed by atoms with Gasteiger partial charge < -0.3 is 9.80 Å². The Morgan fingerprint density at radius 3 is 2.64 bits per heavy atom. The Bertz CT molecular complexity index is 1000. The number of carbonyl (C=O) groups excluding carboxylic acids is 1. The number of piperazine rings is 1. The van der Waals surface area contributed by atoms with Gasteiger partial charge in [0.05, 0.1) is 6.54 Å². The molecule has 0 aromatic heterocycles. The summed E-state index contributed by atoms with van der Waals surface area (Å²) in [6.07, 6.45) is 0. The smallest absolute Gasteiger partial charge is 0.254 e. The lowest BCUT2D eigenvalue weighted by Gasteiger charge is -2.36. The van der Waals surface area contributed by atoms with E-state index in [4.69, 9.17) is 11.6 Å². The molecule has 0 radical (unpaired) electrons. The zero-order valence-corrected chi connectivity index (χ0v) is 16.8. The van der Waals surface area contributed by atoms with Crippen molar-refractivity contribution in [3.63, 3.8) is 0 Å². The van der Waals surface area contributed by atoms with Crippen LogP contribution >= 0.6 is 11.6 Å². The van der Waals surface area contributed by atoms with Gasteiger partial charge in [0.2, 0.25) is 0 Å². The Balaban J connectivity index is 1.71. The number of aliphatic imine (C=N–C) groups is 1. The normalized spacial score (nSPS) is 14.5. The number of amides is 1. The molecule has 1 aliphatic rings. The van der Waals surface area contributed by atoms with Crippen LogP contribution in [0.5, 0.6) is 0 Å². The summed E-state index contributed by atoms with van der Waals surface area (Å²) >= 11 is 6.01. The lowest BCUT2D eigenvalue weighted by Crippen LogP contribution is -2.48. The number of nitrogens with zero attached hydrogens (tertiary/aromatic N) is 3. The van der Waals surface area contributed by atoms with Crippen molar-refractivity contribution in [2.24, 2.45) is 4.99 Å². The van der Waals surface area contributed by atoms with Gasteiger partial charge in [-0.2, -0.15) is 0 Å². The Hall–Kier alpha value is -3.03. The van der Waals surface area contributed by atoms with Gasteiger partial charge in [0, 0.05) is 42.0 Å². The van der Waals surface area contributed by atoms with Gasteiger partial charge in [0.25, 0.3) is 5.91 Å². The van der Waals surface area contributed by atoms with Gasteiger partial charge in [0.15, 0.2) is 5.84 Å². The second-order valence-electron chi connectivity index (χ2n) is 6.62. The third kappa shape index (κ3) is 4.62. The van der Waals surface area contributed by atoms with Crippen molar-refractivity contribution < 1.29 is 4.79 Å². The summed E-state index contributed by atoms with van der Waals surface area (Å²) < 4.78 is 0. The van der Waals surface area contributed by atoms with Crippen molar-refractivity contribution >= 4 is 23.3 Å². The third-order valence-corrected chi connectivity index (χ3v) is 4.75. The molecule has 0 saturated carbocycles. The number of rotatable bonds is 1. The second-order valence-corrected chi connectivity index (χ2v) is 7.06. The third-order valence-electron chi connectivity index (χ3n) is 4.51. The maximum Gasteiger partial charge on any atom is 0.254 e. The highest BCUT2D eigenvalue weighted by Crippen LogP contribution is 2.16. The van der Waals surface area contributed by atoms with Crippen LogP contribution in [0.3, 0.4) is 0 Å². The van der Waals surface area contributed by atoms with Crippen LogP contribution in [0.2, 0.25) is 5.02 Å². The van der Waals surface area contributed by atoms with E-state index in [1.54, 1.807) is 7.05 Å². The molecule has 2 aromatic rings. The molecule has 0 aliphatic carbocycles. The Morgan fingerprint density at radius 1 is 1.18 bits per heavy atom. The molecule has 0 bridgehead atoms. The summed E-state index contributed by atoms with van der Waals surface area (Å²) in [4.78, 5) is 20.9. The first-order chi connectivity index (χ1) is 13.5. The molecule has 0 unspecified atom stereocenters. The van der Waals surface area contributed by atoms with Gasteiger partial charge in [-0.1, -0.05) is 47.9 Å². The highest BCUT2D eigenvalue weighted by Gasteiger charge is 2.26. The van der Waals surface area contributed by atoms with Crippen molar-refractivity contribution in [3.05, 3.63) is 82.5 Å². The number of hydrogen-bond acceptors (Lipinski definition) is 2. The minimum absolute atomic E-state index is 0.0181. The van der Waals surface area contributed by atoms with E-state index in [-0.39, 0.29) is 5.91 Å². The molecule has 1 fully saturated rings. The van der Waals surface area contributed by atoms with Gasteiger partial charge in [0.1, 0.15) is 0 Å². The molecule has 1 heterocycles. The monoisotopic (exact) mass is 391 g/mol. The van der Waals surface area contributed by atoms with Crippen LogP contribution in [0.15, 0.2) is 65.8 Å². The van der Waals surface area contributed by atoms with Crippen molar-refractivity contribution in [1.82, 2.24) is 9.80 Å². The van der Waals surface area contributed by atoms with Crippen molar-refractivity contribution in [2.45, 2.75) is 6.92 Å². The largest absolute Gasteiger partial charge is 0.331 e. The maximum atomic E-state index is 12.8. The van der Waals surface area contributed by atoms with E-state index in [0.717, 1.165) is 16.8 Å². The molecule has 3 rings (SSSR count). The van der Waals surface area contributed by atoms with E-state index < -0.39 is 0 Å². The average Bonchev–Trinajstić information content (AvgIpc) is 2.69. The number of hydrogen-bond donors (Lipinski definition) is 0. The quantitative estimate of drug-likeness (QED) is 0.418. The van der Waals surface area contributed by atoms with Crippen molar-refractivity contribution in [1.29, 1.82) is 0 Å². The topological polar surface area (TPSA) is 35.9 Å². The van der Waals surface area contributed by atoms with E-state index in [1.165, 1.54) is 0 Å². The molecule has 1 saturated heterocycles. The van der Waals surface area contributed by atoms with Crippen LogP contribution in [0, 0.1) is 18.8 Å². The predicted octanol–water partition coefficient (Wildman–Crippen LogP) is 4.00. The molecule has 4 nitrogen and oxygen atoms in total. The predicted molar refractivity (Wildman–Crippen MR) is 115 cm³/mol. The number of aryl methyl sites for hydroxylation is 1.